The van der Waals surface area contributed by atoms with Crippen LogP contribution in [-0.2, 0) is 0 Å². The number of hydrogen-bond donors (Lipinski definition) is 0. The minimum Gasteiger partial charge on any atom is -0.244 e. The number of hydrazine groups is 1. The predicted octanol–water partition coefficient (Wildman–Crippen LogP) is -0.233. The van der Waals surface area contributed by atoms with E-state index in [0.29, 0.717) is 13.1 Å². The zero-order chi connectivity index (χ0) is 7.14. The Hall–Kier alpha value is -1.26. The fourth-order valence-electron chi connectivity index (χ4n) is 1.21. The van der Waals surface area contributed by atoms with Crippen LogP contribution >= 0.6 is 0 Å². The van der Waals surface area contributed by atoms with Gasteiger partial charge >= 0.3 is 12.1 Å². The molecule has 2 aliphatic heterocycles. The zero-order valence-corrected chi connectivity index (χ0v) is 5.28. The van der Waals surface area contributed by atoms with Crippen LogP contribution in [0.2, 0.25) is 0 Å². The minimum atomic E-state index is -0.414. The van der Waals surface area contributed by atoms with Crippen molar-refractivity contribution in [1.82, 2.24) is 15.3 Å². The molecule has 0 aromatic carbocycles. The summed E-state index contributed by atoms with van der Waals surface area (Å²) in [5.41, 5.74) is 0. The lowest BCUT2D eigenvalue weighted by atomic mass is 10.4. The first-order chi connectivity index (χ1) is 4.79. The van der Waals surface area contributed by atoms with Gasteiger partial charge in [0.15, 0.2) is 0 Å². The first-order valence-corrected chi connectivity index (χ1v) is 3.14. The largest absolute Gasteiger partial charge is 0.367 e. The summed E-state index contributed by atoms with van der Waals surface area (Å²) in [5.74, 6) is 0. The van der Waals surface area contributed by atoms with Crippen LogP contribution in [0.5, 0.6) is 0 Å². The number of rotatable bonds is 0. The summed E-state index contributed by atoms with van der Waals surface area (Å²) in [7, 11) is 0. The molecule has 5 heteroatoms. The predicted molar refractivity (Wildman–Crippen MR) is 31.0 cm³/mol. The van der Waals surface area contributed by atoms with Gasteiger partial charge in [-0.2, -0.15) is 0 Å². The Labute approximate surface area is 57.6 Å². The topological polar surface area (TPSA) is 54.7 Å². The molecule has 2 aliphatic rings. The van der Waals surface area contributed by atoms with Crippen molar-refractivity contribution >= 4 is 12.1 Å². The van der Waals surface area contributed by atoms with Gasteiger partial charge in [-0.05, 0) is 6.42 Å². The van der Waals surface area contributed by atoms with E-state index in [4.69, 9.17) is 0 Å². The third kappa shape index (κ3) is 0.516. The molecule has 2 saturated heterocycles. The summed E-state index contributed by atoms with van der Waals surface area (Å²) < 4.78 is 0. The maximum absolute atomic E-state index is 10.8. The van der Waals surface area contributed by atoms with Crippen LogP contribution in [0.3, 0.4) is 0 Å². The fourth-order valence-corrected chi connectivity index (χ4v) is 1.21. The molecule has 10 heavy (non-hydrogen) atoms. The van der Waals surface area contributed by atoms with Gasteiger partial charge in [-0.15, -0.1) is 5.32 Å². The summed E-state index contributed by atoms with van der Waals surface area (Å²) in [6.45, 7) is 1.27. The number of urea groups is 2. The highest BCUT2D eigenvalue weighted by atomic mass is 16.2. The molecule has 0 aromatic rings. The molecule has 0 bridgehead atoms. The number of carbonyl (C=O) groups is 2. The normalized spacial score (nSPS) is 23.6. The lowest BCUT2D eigenvalue weighted by Crippen LogP contribution is -2.32. The number of carbonyl (C=O) groups excluding carboxylic acids is 2. The first kappa shape index (κ1) is 5.52. The van der Waals surface area contributed by atoms with Crippen LogP contribution in [0.4, 0.5) is 9.59 Å². The van der Waals surface area contributed by atoms with Crippen molar-refractivity contribution in [3.8, 4) is 0 Å². The summed E-state index contributed by atoms with van der Waals surface area (Å²) >= 11 is 0. The zero-order valence-electron chi connectivity index (χ0n) is 5.28. The van der Waals surface area contributed by atoms with Crippen molar-refractivity contribution < 1.29 is 9.59 Å². The smallest absolute Gasteiger partial charge is 0.244 e. The second-order valence-corrected chi connectivity index (χ2v) is 2.28. The van der Waals surface area contributed by atoms with Crippen LogP contribution in [0.15, 0.2) is 0 Å². The quantitative estimate of drug-likeness (QED) is 0.466. The molecule has 5 nitrogen and oxygen atoms in total. The van der Waals surface area contributed by atoms with Crippen LogP contribution in [0.1, 0.15) is 6.42 Å². The molecular formula is C5H6N3O2. The molecule has 2 fully saturated rings. The van der Waals surface area contributed by atoms with E-state index >= 15 is 0 Å². The molecule has 53 valence electrons. The van der Waals surface area contributed by atoms with Gasteiger partial charge < -0.3 is 0 Å². The Morgan fingerprint density at radius 1 is 1.10 bits per heavy atom. The Morgan fingerprint density at radius 2 is 1.60 bits per heavy atom. The number of amides is 4. The third-order valence-corrected chi connectivity index (χ3v) is 1.66. The SMILES string of the molecule is O=C1[N]C(=O)N2CCCN12. The molecule has 0 aromatic heterocycles. The molecular weight excluding hydrogens is 134 g/mol. The third-order valence-electron chi connectivity index (χ3n) is 1.66. The molecule has 0 atom stereocenters. The van der Waals surface area contributed by atoms with Crippen LogP contribution < -0.4 is 5.32 Å². The van der Waals surface area contributed by atoms with E-state index in [0.717, 1.165) is 6.42 Å². The van der Waals surface area contributed by atoms with Crippen molar-refractivity contribution in [2.75, 3.05) is 13.1 Å². The van der Waals surface area contributed by atoms with E-state index in [-0.39, 0.29) is 0 Å². The van der Waals surface area contributed by atoms with E-state index in [1.54, 1.807) is 0 Å². The van der Waals surface area contributed by atoms with Gasteiger partial charge in [0.2, 0.25) is 0 Å². The standard InChI is InChI=1S/C5H6N3O2/c9-4-6-5(10)8-3-1-2-7(4)8/h1-3H2. The average molecular weight is 140 g/mol. The van der Waals surface area contributed by atoms with E-state index in [1.807, 2.05) is 0 Å². The maximum Gasteiger partial charge on any atom is 0.367 e. The van der Waals surface area contributed by atoms with E-state index in [1.165, 1.54) is 10.0 Å². The molecule has 1 radical (unpaired) electrons. The van der Waals surface area contributed by atoms with Crippen LogP contribution in [-0.4, -0.2) is 35.2 Å². The second-order valence-electron chi connectivity index (χ2n) is 2.28. The highest BCUT2D eigenvalue weighted by Crippen LogP contribution is 2.16. The molecule has 4 amide bonds. The van der Waals surface area contributed by atoms with E-state index in [2.05, 4.69) is 5.32 Å². The fraction of sp³-hybridized carbons (Fsp3) is 0.600. The molecule has 0 aliphatic carbocycles. The van der Waals surface area contributed by atoms with Gasteiger partial charge in [0.05, 0.1) is 0 Å². The summed E-state index contributed by atoms with van der Waals surface area (Å²) in [5, 5.41) is 6.00. The van der Waals surface area contributed by atoms with Crippen molar-refractivity contribution in [1.29, 1.82) is 0 Å². The maximum atomic E-state index is 10.8. The number of hydrogen-bond acceptors (Lipinski definition) is 2. The van der Waals surface area contributed by atoms with Gasteiger partial charge in [-0.25, -0.2) is 19.6 Å². The lowest BCUT2D eigenvalue weighted by molar-refractivity contribution is 0.125. The van der Waals surface area contributed by atoms with Crippen molar-refractivity contribution in [2.45, 2.75) is 6.42 Å². The average Bonchev–Trinajstić information content (AvgIpc) is 2.39. The minimum absolute atomic E-state index is 0.414. The van der Waals surface area contributed by atoms with Crippen molar-refractivity contribution in [2.24, 2.45) is 0 Å². The molecule has 0 N–H and O–H groups in total. The van der Waals surface area contributed by atoms with Gasteiger partial charge in [0, 0.05) is 13.1 Å². The molecule has 2 rings (SSSR count). The van der Waals surface area contributed by atoms with Gasteiger partial charge in [-0.1, -0.05) is 0 Å². The highest BCUT2D eigenvalue weighted by Gasteiger charge is 2.40. The van der Waals surface area contributed by atoms with Crippen LogP contribution in [0, 0.1) is 0 Å². The Morgan fingerprint density at radius 3 is 2.10 bits per heavy atom. The van der Waals surface area contributed by atoms with Gasteiger partial charge in [0.25, 0.3) is 0 Å². The lowest BCUT2D eigenvalue weighted by Gasteiger charge is -2.13. The summed E-state index contributed by atoms with van der Waals surface area (Å²) in [6.07, 6.45) is 0.868. The number of fused-ring (bicyclic) bond motifs is 1. The van der Waals surface area contributed by atoms with E-state index < -0.39 is 12.1 Å². The van der Waals surface area contributed by atoms with Gasteiger partial charge in [-0.3, -0.25) is 0 Å². The van der Waals surface area contributed by atoms with Crippen LogP contribution in [0.25, 0.3) is 0 Å². The summed E-state index contributed by atoms with van der Waals surface area (Å²) in [4.78, 5) is 21.5. The summed E-state index contributed by atoms with van der Waals surface area (Å²) in [6, 6.07) is -0.829. The molecule has 0 saturated carbocycles. The Balaban J connectivity index is 2.27. The molecule has 0 spiro atoms. The monoisotopic (exact) mass is 140 g/mol. The number of nitrogens with zero attached hydrogens (tertiary/aromatic N) is 3. The molecule has 0 unspecified atom stereocenters. The Kier molecular flexibility index (Phi) is 0.893. The van der Waals surface area contributed by atoms with Crippen molar-refractivity contribution in [3.63, 3.8) is 0 Å². The molecule has 2 heterocycles. The van der Waals surface area contributed by atoms with E-state index in [9.17, 15) is 9.59 Å². The number of imide groups is 1. The van der Waals surface area contributed by atoms with Gasteiger partial charge in [0.1, 0.15) is 0 Å². The second kappa shape index (κ2) is 1.62. The Bertz CT molecular complexity index is 183. The first-order valence-electron chi connectivity index (χ1n) is 3.14. The van der Waals surface area contributed by atoms with Crippen molar-refractivity contribution in [3.05, 3.63) is 0 Å². The highest BCUT2D eigenvalue weighted by molar-refractivity contribution is 5.98.